The Morgan fingerprint density at radius 3 is 1.85 bits per heavy atom. The molecule has 78 valence electrons. The Balaban J connectivity index is 2.76. The van der Waals surface area contributed by atoms with Gasteiger partial charge >= 0.3 is 0 Å². The van der Waals surface area contributed by atoms with Crippen LogP contribution in [0, 0.1) is 13.8 Å². The van der Waals surface area contributed by atoms with Crippen LogP contribution in [0.5, 0.6) is 0 Å². The molecule has 2 radical (unpaired) electrons. The molecule has 0 bridgehead atoms. The highest BCUT2D eigenvalue weighted by molar-refractivity contribution is 4.46. The van der Waals surface area contributed by atoms with Crippen molar-refractivity contribution in [2.75, 3.05) is 13.2 Å². The van der Waals surface area contributed by atoms with Gasteiger partial charge in [-0.3, -0.25) is 0 Å². The third-order valence-corrected chi connectivity index (χ3v) is 2.08. The van der Waals surface area contributed by atoms with E-state index in [0.717, 1.165) is 32.5 Å². The van der Waals surface area contributed by atoms with Gasteiger partial charge in [0.2, 0.25) is 0 Å². The molecule has 13 heavy (non-hydrogen) atoms. The highest BCUT2D eigenvalue weighted by Crippen LogP contribution is 2.04. The van der Waals surface area contributed by atoms with Crippen LogP contribution in [-0.2, 0) is 4.74 Å². The summed E-state index contributed by atoms with van der Waals surface area (Å²) in [5.74, 6) is 0. The Morgan fingerprint density at radius 2 is 1.15 bits per heavy atom. The average Bonchev–Trinajstić information content (AvgIpc) is 2.16. The largest absolute Gasteiger partial charge is 0.381 e. The smallest absolute Gasteiger partial charge is 0.0466 e. The fourth-order valence-electron chi connectivity index (χ4n) is 1.22. The van der Waals surface area contributed by atoms with Gasteiger partial charge in [0.25, 0.3) is 0 Å². The number of unbranched alkanes of at least 4 members (excludes halogenated alkanes) is 6. The molecule has 0 atom stereocenters. The van der Waals surface area contributed by atoms with Crippen LogP contribution < -0.4 is 0 Å². The molecule has 0 aliphatic carbocycles. The number of rotatable bonds is 10. The summed E-state index contributed by atoms with van der Waals surface area (Å²) in [7, 11) is 0. The third-order valence-electron chi connectivity index (χ3n) is 2.08. The van der Waals surface area contributed by atoms with E-state index in [0.29, 0.717) is 0 Å². The Hall–Kier alpha value is -0.0400. The maximum absolute atomic E-state index is 5.43. The predicted molar refractivity (Wildman–Crippen MR) is 58.5 cm³/mol. The highest BCUT2D eigenvalue weighted by Gasteiger charge is 1.90. The van der Waals surface area contributed by atoms with Gasteiger partial charge in [0.05, 0.1) is 0 Å². The molecule has 0 aromatic rings. The van der Waals surface area contributed by atoms with E-state index in [2.05, 4.69) is 13.8 Å². The molecule has 0 spiro atoms. The number of hydrogen-bond donors (Lipinski definition) is 0. The highest BCUT2D eigenvalue weighted by atomic mass is 16.5. The van der Waals surface area contributed by atoms with Gasteiger partial charge in [-0.05, 0) is 12.8 Å². The first-order valence-electron chi connectivity index (χ1n) is 5.58. The lowest BCUT2D eigenvalue weighted by Crippen LogP contribution is -1.96. The molecular formula is C12H24O. The topological polar surface area (TPSA) is 9.23 Å². The second kappa shape index (κ2) is 12.0. The lowest BCUT2D eigenvalue weighted by Gasteiger charge is -2.02. The van der Waals surface area contributed by atoms with Crippen LogP contribution in [0.15, 0.2) is 0 Å². The minimum atomic E-state index is 0.891. The fourth-order valence-corrected chi connectivity index (χ4v) is 1.22. The van der Waals surface area contributed by atoms with E-state index in [-0.39, 0.29) is 0 Å². The summed E-state index contributed by atoms with van der Waals surface area (Å²) in [4.78, 5) is 0. The molecule has 0 amide bonds. The maximum atomic E-state index is 5.43. The summed E-state index contributed by atoms with van der Waals surface area (Å²) in [6, 6.07) is 0. The zero-order valence-electron chi connectivity index (χ0n) is 8.89. The molecule has 0 rings (SSSR count). The molecule has 0 saturated heterocycles. The number of ether oxygens (including phenoxy) is 1. The van der Waals surface area contributed by atoms with Crippen LogP contribution in [0.1, 0.15) is 51.4 Å². The average molecular weight is 184 g/mol. The van der Waals surface area contributed by atoms with Gasteiger partial charge < -0.3 is 4.74 Å². The van der Waals surface area contributed by atoms with Crippen molar-refractivity contribution >= 4 is 0 Å². The molecule has 0 saturated carbocycles. The van der Waals surface area contributed by atoms with Crippen molar-refractivity contribution in [1.29, 1.82) is 0 Å². The molecular weight excluding hydrogens is 160 g/mol. The summed E-state index contributed by atoms with van der Waals surface area (Å²) in [5.41, 5.74) is 0. The van der Waals surface area contributed by atoms with Crippen LogP contribution in [-0.4, -0.2) is 13.2 Å². The zero-order chi connectivity index (χ0) is 9.78. The monoisotopic (exact) mass is 184 g/mol. The van der Waals surface area contributed by atoms with Crippen molar-refractivity contribution < 1.29 is 4.74 Å². The Labute approximate surface area is 83.9 Å². The quantitative estimate of drug-likeness (QED) is 0.469. The van der Waals surface area contributed by atoms with Crippen molar-refractivity contribution in [3.05, 3.63) is 13.8 Å². The Kier molecular flexibility index (Phi) is 11.9. The van der Waals surface area contributed by atoms with Crippen molar-refractivity contribution in [3.63, 3.8) is 0 Å². The second-order valence-electron chi connectivity index (χ2n) is 3.44. The van der Waals surface area contributed by atoms with Gasteiger partial charge in [-0.15, -0.1) is 0 Å². The van der Waals surface area contributed by atoms with E-state index in [9.17, 15) is 0 Å². The normalized spacial score (nSPS) is 10.6. The van der Waals surface area contributed by atoms with Crippen molar-refractivity contribution in [2.45, 2.75) is 51.4 Å². The Bertz CT molecular complexity index is 71.2. The van der Waals surface area contributed by atoms with Crippen LogP contribution in [0.3, 0.4) is 0 Å². The van der Waals surface area contributed by atoms with Gasteiger partial charge in [-0.2, -0.15) is 0 Å². The molecule has 1 heteroatoms. The van der Waals surface area contributed by atoms with E-state index in [1.54, 1.807) is 0 Å². The lowest BCUT2D eigenvalue weighted by molar-refractivity contribution is 0.128. The molecule has 0 heterocycles. The van der Waals surface area contributed by atoms with Crippen molar-refractivity contribution in [2.24, 2.45) is 0 Å². The van der Waals surface area contributed by atoms with Crippen LogP contribution in [0.2, 0.25) is 0 Å². The molecule has 1 nitrogen and oxygen atoms in total. The van der Waals surface area contributed by atoms with Crippen LogP contribution in [0.4, 0.5) is 0 Å². The summed E-state index contributed by atoms with van der Waals surface area (Å²) >= 11 is 0. The first kappa shape index (κ1) is 13.0. The zero-order valence-corrected chi connectivity index (χ0v) is 8.89. The maximum Gasteiger partial charge on any atom is 0.0466 e. The van der Waals surface area contributed by atoms with E-state index in [4.69, 9.17) is 4.74 Å². The standard InChI is InChI=1S/C12H24O/c1-3-5-7-8-9-10-12-13-11-6-4-2/h1-12H2. The minimum absolute atomic E-state index is 0.891. The lowest BCUT2D eigenvalue weighted by atomic mass is 10.1. The molecule has 0 unspecified atom stereocenters. The Morgan fingerprint density at radius 1 is 0.615 bits per heavy atom. The first-order chi connectivity index (χ1) is 6.41. The summed E-state index contributed by atoms with van der Waals surface area (Å²) < 4.78 is 5.43. The molecule has 0 aromatic carbocycles. The molecule has 0 aliphatic heterocycles. The summed E-state index contributed by atoms with van der Waals surface area (Å²) in [6.07, 6.45) is 9.66. The molecule has 0 aromatic heterocycles. The molecule has 0 N–H and O–H groups in total. The fraction of sp³-hybridized carbons (Fsp3) is 0.833. The number of hydrogen-bond acceptors (Lipinski definition) is 1. The van der Waals surface area contributed by atoms with E-state index in [1.165, 1.54) is 32.1 Å². The van der Waals surface area contributed by atoms with Gasteiger partial charge in [0.1, 0.15) is 0 Å². The first-order valence-corrected chi connectivity index (χ1v) is 5.58. The third kappa shape index (κ3) is 12.0. The van der Waals surface area contributed by atoms with Crippen molar-refractivity contribution in [1.82, 2.24) is 0 Å². The van der Waals surface area contributed by atoms with Gasteiger partial charge in [0.15, 0.2) is 0 Å². The van der Waals surface area contributed by atoms with Crippen LogP contribution in [0.25, 0.3) is 0 Å². The van der Waals surface area contributed by atoms with Crippen LogP contribution >= 0.6 is 0 Å². The van der Waals surface area contributed by atoms with Crippen molar-refractivity contribution in [3.8, 4) is 0 Å². The van der Waals surface area contributed by atoms with Gasteiger partial charge in [-0.1, -0.05) is 52.4 Å². The van der Waals surface area contributed by atoms with Gasteiger partial charge in [-0.25, -0.2) is 0 Å². The SMILES string of the molecule is [CH2]CCCCCCCOCCC[CH2]. The predicted octanol–water partition coefficient (Wildman–Crippen LogP) is 3.79. The summed E-state index contributed by atoms with van der Waals surface area (Å²) in [5, 5.41) is 0. The van der Waals surface area contributed by atoms with E-state index in [1.807, 2.05) is 0 Å². The summed E-state index contributed by atoms with van der Waals surface area (Å²) in [6.45, 7) is 9.42. The van der Waals surface area contributed by atoms with Gasteiger partial charge in [0, 0.05) is 13.2 Å². The minimum Gasteiger partial charge on any atom is -0.381 e. The second-order valence-corrected chi connectivity index (χ2v) is 3.44. The van der Waals surface area contributed by atoms with E-state index >= 15 is 0 Å². The molecule has 0 aliphatic rings. The molecule has 0 fully saturated rings. The van der Waals surface area contributed by atoms with E-state index < -0.39 is 0 Å².